The van der Waals surface area contributed by atoms with Crippen LogP contribution in [0.3, 0.4) is 0 Å². The topological polar surface area (TPSA) is 59.2 Å². The van der Waals surface area contributed by atoms with Crippen molar-refractivity contribution in [3.63, 3.8) is 0 Å². The van der Waals surface area contributed by atoms with Gasteiger partial charge in [0.05, 0.1) is 45.9 Å². The highest BCUT2D eigenvalue weighted by Crippen LogP contribution is 2.42. The summed E-state index contributed by atoms with van der Waals surface area (Å²) in [5.41, 5.74) is 5.06. The minimum Gasteiger partial charge on any atom is -0.497 e. The molecular formula is C29H37N3O4. The van der Waals surface area contributed by atoms with Gasteiger partial charge in [0, 0.05) is 36.7 Å². The van der Waals surface area contributed by atoms with Gasteiger partial charge < -0.3 is 33.7 Å². The van der Waals surface area contributed by atoms with Crippen molar-refractivity contribution in [3.05, 3.63) is 65.6 Å². The van der Waals surface area contributed by atoms with Crippen LogP contribution in [0.15, 0.2) is 48.9 Å². The monoisotopic (exact) mass is 491 g/mol. The molecule has 0 bridgehead atoms. The molecule has 0 radical (unpaired) electrons. The lowest BCUT2D eigenvalue weighted by Gasteiger charge is -2.44. The van der Waals surface area contributed by atoms with Crippen LogP contribution in [0.5, 0.6) is 17.2 Å². The SMILES string of the molecule is C=C(N1CCOCC1)N1CCc2cc(OC)c(OCC)cc2C1CCc1c[nH]c2ccc(OC)cc12. The molecule has 7 heteroatoms. The number of nitrogens with zero attached hydrogens (tertiary/aromatic N) is 2. The highest BCUT2D eigenvalue weighted by atomic mass is 16.5. The minimum atomic E-state index is 0.185. The summed E-state index contributed by atoms with van der Waals surface area (Å²) in [5, 5.41) is 1.22. The Morgan fingerprint density at radius 1 is 1.08 bits per heavy atom. The number of hydrogen-bond acceptors (Lipinski definition) is 6. The van der Waals surface area contributed by atoms with Crippen molar-refractivity contribution in [1.29, 1.82) is 0 Å². The molecule has 1 fully saturated rings. The van der Waals surface area contributed by atoms with E-state index in [2.05, 4.69) is 51.8 Å². The predicted octanol–water partition coefficient (Wildman–Crippen LogP) is 4.92. The van der Waals surface area contributed by atoms with Gasteiger partial charge >= 0.3 is 0 Å². The number of methoxy groups -OCH3 is 2. The van der Waals surface area contributed by atoms with E-state index < -0.39 is 0 Å². The van der Waals surface area contributed by atoms with Gasteiger partial charge in [0.1, 0.15) is 5.75 Å². The van der Waals surface area contributed by atoms with Crippen molar-refractivity contribution >= 4 is 10.9 Å². The Morgan fingerprint density at radius 2 is 1.92 bits per heavy atom. The first-order chi connectivity index (χ1) is 17.6. The first-order valence-corrected chi connectivity index (χ1v) is 12.9. The van der Waals surface area contributed by atoms with Crippen molar-refractivity contribution in [2.45, 2.75) is 32.2 Å². The summed E-state index contributed by atoms with van der Waals surface area (Å²) in [6, 6.07) is 10.7. The molecule has 1 saturated heterocycles. The van der Waals surface area contributed by atoms with Crippen LogP contribution in [0.4, 0.5) is 0 Å². The van der Waals surface area contributed by atoms with E-state index in [0.29, 0.717) is 6.61 Å². The molecule has 2 aromatic carbocycles. The Bertz CT molecular complexity index is 1210. The van der Waals surface area contributed by atoms with Crippen molar-refractivity contribution in [1.82, 2.24) is 14.8 Å². The summed E-state index contributed by atoms with van der Waals surface area (Å²) in [6.07, 6.45) is 4.97. The Hall–Kier alpha value is -3.32. The number of ether oxygens (including phenoxy) is 4. The predicted molar refractivity (Wildman–Crippen MR) is 142 cm³/mol. The molecule has 1 N–H and O–H groups in total. The number of nitrogens with one attached hydrogen (secondary N) is 1. The zero-order valence-corrected chi connectivity index (χ0v) is 21.6. The number of H-pyrrole nitrogens is 1. The van der Waals surface area contributed by atoms with Crippen molar-refractivity contribution < 1.29 is 18.9 Å². The summed E-state index contributed by atoms with van der Waals surface area (Å²) in [5.74, 6) is 3.57. The maximum atomic E-state index is 5.98. The molecule has 1 atom stereocenters. The van der Waals surface area contributed by atoms with Crippen molar-refractivity contribution in [2.75, 3.05) is 53.7 Å². The molecule has 2 aliphatic heterocycles. The van der Waals surface area contributed by atoms with E-state index in [0.717, 1.165) is 80.7 Å². The molecule has 0 saturated carbocycles. The molecule has 3 aromatic rings. The highest BCUT2D eigenvalue weighted by Gasteiger charge is 2.32. The van der Waals surface area contributed by atoms with Crippen LogP contribution in [0.25, 0.3) is 10.9 Å². The maximum Gasteiger partial charge on any atom is 0.161 e. The lowest BCUT2D eigenvalue weighted by Crippen LogP contribution is -2.45. The lowest BCUT2D eigenvalue weighted by molar-refractivity contribution is 0.0303. The van der Waals surface area contributed by atoms with E-state index in [1.165, 1.54) is 22.1 Å². The summed E-state index contributed by atoms with van der Waals surface area (Å²) >= 11 is 0. The molecule has 1 aromatic heterocycles. The van der Waals surface area contributed by atoms with Crippen LogP contribution in [0.1, 0.15) is 36.1 Å². The average Bonchev–Trinajstić information content (AvgIpc) is 3.33. The van der Waals surface area contributed by atoms with Gasteiger partial charge in [0.15, 0.2) is 11.5 Å². The van der Waals surface area contributed by atoms with Gasteiger partial charge in [-0.15, -0.1) is 0 Å². The van der Waals surface area contributed by atoms with Gasteiger partial charge in [0.25, 0.3) is 0 Å². The Balaban J connectivity index is 1.48. The Labute approximate surface area is 213 Å². The van der Waals surface area contributed by atoms with Crippen LogP contribution >= 0.6 is 0 Å². The van der Waals surface area contributed by atoms with Gasteiger partial charge in [-0.1, -0.05) is 6.58 Å². The summed E-state index contributed by atoms with van der Waals surface area (Å²) in [4.78, 5) is 8.29. The van der Waals surface area contributed by atoms with Gasteiger partial charge in [-0.05, 0) is 73.2 Å². The molecule has 5 rings (SSSR count). The number of aromatic amines is 1. The van der Waals surface area contributed by atoms with Crippen molar-refractivity contribution in [3.8, 4) is 17.2 Å². The van der Waals surface area contributed by atoms with Gasteiger partial charge in [-0.2, -0.15) is 0 Å². The van der Waals surface area contributed by atoms with Gasteiger partial charge in [0.2, 0.25) is 0 Å². The van der Waals surface area contributed by atoms with E-state index in [4.69, 9.17) is 18.9 Å². The van der Waals surface area contributed by atoms with Crippen LogP contribution < -0.4 is 14.2 Å². The third-order valence-corrected chi connectivity index (χ3v) is 7.45. The number of rotatable bonds is 9. The normalized spacial score (nSPS) is 17.7. The third kappa shape index (κ3) is 4.72. The molecule has 0 spiro atoms. The van der Waals surface area contributed by atoms with E-state index in [1.807, 2.05) is 13.0 Å². The summed E-state index contributed by atoms with van der Waals surface area (Å²) in [6.45, 7) is 11.3. The number of fused-ring (bicyclic) bond motifs is 2. The number of aryl methyl sites for hydroxylation is 1. The molecule has 0 aliphatic carbocycles. The molecule has 2 aliphatic rings. The zero-order chi connectivity index (χ0) is 25.1. The second-order valence-corrected chi connectivity index (χ2v) is 9.37. The first-order valence-electron chi connectivity index (χ1n) is 12.9. The largest absolute Gasteiger partial charge is 0.497 e. The van der Waals surface area contributed by atoms with E-state index in [1.54, 1.807) is 14.2 Å². The fourth-order valence-corrected chi connectivity index (χ4v) is 5.54. The third-order valence-electron chi connectivity index (χ3n) is 7.45. The summed E-state index contributed by atoms with van der Waals surface area (Å²) < 4.78 is 22.7. The van der Waals surface area contributed by atoms with Gasteiger partial charge in [-0.3, -0.25) is 0 Å². The van der Waals surface area contributed by atoms with Crippen molar-refractivity contribution in [2.24, 2.45) is 0 Å². The van der Waals surface area contributed by atoms with Gasteiger partial charge in [-0.25, -0.2) is 0 Å². The zero-order valence-electron chi connectivity index (χ0n) is 21.6. The first kappa shape index (κ1) is 24.4. The Kier molecular flexibility index (Phi) is 7.28. The number of aromatic nitrogens is 1. The molecule has 192 valence electrons. The fraction of sp³-hybridized carbons (Fsp3) is 0.448. The maximum absolute atomic E-state index is 5.98. The number of morpholine rings is 1. The van der Waals surface area contributed by atoms with Crippen LogP contribution in [-0.4, -0.2) is 68.5 Å². The standard InChI is InChI=1S/C29H37N3O4/c1-5-36-29-18-25-21(16-28(29)34-4)10-11-32(20(2)31-12-14-35-15-13-31)27(25)9-6-22-19-30-26-8-7-23(33-3)17-24(22)26/h7-8,16-19,27,30H,2,5-6,9-15H2,1,3-4H3. The second kappa shape index (κ2) is 10.7. The van der Waals surface area contributed by atoms with E-state index in [9.17, 15) is 0 Å². The van der Waals surface area contributed by atoms with Crippen LogP contribution in [0, 0.1) is 0 Å². The highest BCUT2D eigenvalue weighted by molar-refractivity contribution is 5.84. The average molecular weight is 492 g/mol. The lowest BCUT2D eigenvalue weighted by atomic mass is 9.88. The van der Waals surface area contributed by atoms with E-state index in [-0.39, 0.29) is 6.04 Å². The molecule has 0 amide bonds. The van der Waals surface area contributed by atoms with Crippen LogP contribution in [-0.2, 0) is 17.6 Å². The quantitative estimate of drug-likeness (QED) is 0.459. The molecular weight excluding hydrogens is 454 g/mol. The smallest absolute Gasteiger partial charge is 0.161 e. The fourth-order valence-electron chi connectivity index (χ4n) is 5.54. The number of benzene rings is 2. The molecule has 3 heterocycles. The number of hydrogen-bond donors (Lipinski definition) is 1. The summed E-state index contributed by atoms with van der Waals surface area (Å²) in [7, 11) is 3.42. The molecule has 1 unspecified atom stereocenters. The molecule has 36 heavy (non-hydrogen) atoms. The van der Waals surface area contributed by atoms with Crippen LogP contribution in [0.2, 0.25) is 0 Å². The Morgan fingerprint density at radius 3 is 2.67 bits per heavy atom. The molecule has 7 nitrogen and oxygen atoms in total. The van der Waals surface area contributed by atoms with E-state index >= 15 is 0 Å². The minimum absolute atomic E-state index is 0.185. The second-order valence-electron chi connectivity index (χ2n) is 9.37.